The molecule has 0 radical (unpaired) electrons. The Balaban J connectivity index is 1.55. The highest BCUT2D eigenvalue weighted by Crippen LogP contribution is 2.41. The third-order valence-electron chi connectivity index (χ3n) is 5.77. The second-order valence-corrected chi connectivity index (χ2v) is 7.92. The minimum Gasteiger partial charge on any atom is -0.493 e. The number of pyridine rings is 1. The van der Waals surface area contributed by atoms with Gasteiger partial charge in [0.2, 0.25) is 5.75 Å². The number of anilines is 1. The number of rotatable bonds is 7. The summed E-state index contributed by atoms with van der Waals surface area (Å²) in [4.78, 5) is 18.2. The van der Waals surface area contributed by atoms with Gasteiger partial charge < -0.3 is 19.5 Å². The van der Waals surface area contributed by atoms with Gasteiger partial charge in [-0.1, -0.05) is 36.4 Å². The zero-order valence-electron chi connectivity index (χ0n) is 20.1. The molecule has 0 unspecified atom stereocenters. The molecule has 0 fully saturated rings. The molecule has 1 amide bonds. The third-order valence-corrected chi connectivity index (χ3v) is 5.77. The monoisotopic (exact) mass is 480 g/mol. The van der Waals surface area contributed by atoms with Gasteiger partial charge in [-0.05, 0) is 36.4 Å². The fourth-order valence-corrected chi connectivity index (χ4v) is 4.04. The lowest BCUT2D eigenvalue weighted by molar-refractivity contribution is 0.102. The van der Waals surface area contributed by atoms with E-state index >= 15 is 0 Å². The van der Waals surface area contributed by atoms with Crippen molar-refractivity contribution in [3.05, 3.63) is 90.6 Å². The number of ether oxygens (including phenoxy) is 3. The van der Waals surface area contributed by atoms with Crippen LogP contribution in [0.4, 0.5) is 5.82 Å². The van der Waals surface area contributed by atoms with Crippen molar-refractivity contribution < 1.29 is 19.0 Å². The minimum absolute atomic E-state index is 0.291. The van der Waals surface area contributed by atoms with E-state index in [2.05, 4.69) is 10.4 Å². The smallest absolute Gasteiger partial charge is 0.257 e. The van der Waals surface area contributed by atoms with Gasteiger partial charge in [0, 0.05) is 23.2 Å². The fourth-order valence-electron chi connectivity index (χ4n) is 4.04. The first kappa shape index (κ1) is 22.9. The SMILES string of the molecule is COc1cc(-c2cc(C(=O)Nc3ccn(-c4ccccc4)n3)c3ccccc3n2)cc(OC)c1OC. The van der Waals surface area contributed by atoms with Crippen LogP contribution in [0.3, 0.4) is 0 Å². The van der Waals surface area contributed by atoms with E-state index in [-0.39, 0.29) is 5.91 Å². The van der Waals surface area contributed by atoms with Crippen LogP contribution in [0.15, 0.2) is 85.1 Å². The lowest BCUT2D eigenvalue weighted by atomic mass is 10.0. The normalized spacial score (nSPS) is 10.8. The van der Waals surface area contributed by atoms with Crippen molar-refractivity contribution >= 4 is 22.6 Å². The van der Waals surface area contributed by atoms with Gasteiger partial charge in [-0.3, -0.25) is 4.79 Å². The molecule has 0 saturated heterocycles. The lowest BCUT2D eigenvalue weighted by Gasteiger charge is -2.15. The predicted molar refractivity (Wildman–Crippen MR) is 138 cm³/mol. The molecule has 8 heteroatoms. The Kier molecular flexibility index (Phi) is 6.23. The summed E-state index contributed by atoms with van der Waals surface area (Å²) in [5, 5.41) is 8.14. The third kappa shape index (κ3) is 4.32. The van der Waals surface area contributed by atoms with Crippen LogP contribution in [0.1, 0.15) is 10.4 Å². The number of carbonyl (C=O) groups is 1. The Bertz CT molecular complexity index is 1520. The summed E-state index contributed by atoms with van der Waals surface area (Å²) in [5.74, 6) is 1.63. The first-order valence-corrected chi connectivity index (χ1v) is 11.2. The molecule has 0 aliphatic carbocycles. The summed E-state index contributed by atoms with van der Waals surface area (Å²) in [7, 11) is 4.67. The van der Waals surface area contributed by atoms with Gasteiger partial charge in [-0.2, -0.15) is 5.10 Å². The van der Waals surface area contributed by atoms with E-state index < -0.39 is 0 Å². The van der Waals surface area contributed by atoms with Gasteiger partial charge in [0.05, 0.1) is 43.8 Å². The number of nitrogens with zero attached hydrogens (tertiary/aromatic N) is 3. The number of amides is 1. The Hall–Kier alpha value is -4.85. The van der Waals surface area contributed by atoms with Crippen LogP contribution in [-0.2, 0) is 0 Å². The Morgan fingerprint density at radius 2 is 1.53 bits per heavy atom. The summed E-state index contributed by atoms with van der Waals surface area (Å²) in [5.41, 5.74) is 3.37. The largest absolute Gasteiger partial charge is 0.493 e. The van der Waals surface area contributed by atoms with Crippen LogP contribution in [0, 0.1) is 0 Å². The van der Waals surface area contributed by atoms with Gasteiger partial charge >= 0.3 is 0 Å². The van der Waals surface area contributed by atoms with Crippen LogP contribution in [-0.4, -0.2) is 42.0 Å². The number of methoxy groups -OCH3 is 3. The molecule has 0 aliphatic rings. The lowest BCUT2D eigenvalue weighted by Crippen LogP contribution is -2.14. The number of nitrogens with one attached hydrogen (secondary N) is 1. The van der Waals surface area contributed by atoms with Crippen molar-refractivity contribution in [1.82, 2.24) is 14.8 Å². The zero-order valence-corrected chi connectivity index (χ0v) is 20.1. The van der Waals surface area contributed by atoms with Gasteiger partial charge in [0.15, 0.2) is 17.3 Å². The van der Waals surface area contributed by atoms with Crippen molar-refractivity contribution in [2.45, 2.75) is 0 Å². The number of hydrogen-bond acceptors (Lipinski definition) is 6. The molecule has 2 aromatic heterocycles. The summed E-state index contributed by atoms with van der Waals surface area (Å²) in [6.07, 6.45) is 1.80. The molecule has 0 spiro atoms. The van der Waals surface area contributed by atoms with Crippen LogP contribution in [0.2, 0.25) is 0 Å². The van der Waals surface area contributed by atoms with E-state index in [1.54, 1.807) is 44.3 Å². The Morgan fingerprint density at radius 1 is 0.833 bits per heavy atom. The maximum atomic E-state index is 13.4. The van der Waals surface area contributed by atoms with E-state index in [0.717, 1.165) is 16.6 Å². The molecule has 0 aliphatic heterocycles. The number of para-hydroxylation sites is 2. The zero-order chi connectivity index (χ0) is 25.1. The van der Waals surface area contributed by atoms with E-state index in [0.29, 0.717) is 39.8 Å². The highest BCUT2D eigenvalue weighted by Gasteiger charge is 2.19. The molecule has 0 bridgehead atoms. The first-order chi connectivity index (χ1) is 17.6. The Labute approximate surface area is 208 Å². The molecular formula is C28H24N4O4. The van der Waals surface area contributed by atoms with Crippen molar-refractivity contribution in [2.24, 2.45) is 0 Å². The summed E-state index contributed by atoms with van der Waals surface area (Å²) in [6, 6.07) is 24.3. The molecule has 0 saturated carbocycles. The maximum Gasteiger partial charge on any atom is 0.257 e. The molecule has 180 valence electrons. The van der Waals surface area contributed by atoms with Crippen LogP contribution in [0.5, 0.6) is 17.2 Å². The van der Waals surface area contributed by atoms with Gasteiger partial charge in [0.1, 0.15) is 0 Å². The Morgan fingerprint density at radius 3 is 2.22 bits per heavy atom. The summed E-state index contributed by atoms with van der Waals surface area (Å²) < 4.78 is 18.2. The second-order valence-electron chi connectivity index (χ2n) is 7.92. The van der Waals surface area contributed by atoms with E-state index in [1.807, 2.05) is 66.7 Å². The number of hydrogen-bond donors (Lipinski definition) is 1. The summed E-state index contributed by atoms with van der Waals surface area (Å²) in [6.45, 7) is 0. The molecular weight excluding hydrogens is 456 g/mol. The van der Waals surface area contributed by atoms with Crippen molar-refractivity contribution in [3.63, 3.8) is 0 Å². The predicted octanol–water partition coefficient (Wildman–Crippen LogP) is 5.37. The summed E-state index contributed by atoms with van der Waals surface area (Å²) >= 11 is 0. The van der Waals surface area contributed by atoms with E-state index in [4.69, 9.17) is 19.2 Å². The molecule has 1 N–H and O–H groups in total. The number of benzene rings is 3. The fraction of sp³-hybridized carbons (Fsp3) is 0.107. The first-order valence-electron chi connectivity index (χ1n) is 11.2. The number of aromatic nitrogens is 3. The topological polar surface area (TPSA) is 87.5 Å². The molecule has 5 rings (SSSR count). The molecule has 8 nitrogen and oxygen atoms in total. The minimum atomic E-state index is -0.291. The maximum absolute atomic E-state index is 13.4. The van der Waals surface area contributed by atoms with Gasteiger partial charge in [0.25, 0.3) is 5.91 Å². The number of fused-ring (bicyclic) bond motifs is 1. The van der Waals surface area contributed by atoms with Crippen molar-refractivity contribution in [1.29, 1.82) is 0 Å². The molecule has 3 aromatic carbocycles. The number of carbonyl (C=O) groups excluding carboxylic acids is 1. The molecule has 2 heterocycles. The van der Waals surface area contributed by atoms with Crippen LogP contribution >= 0.6 is 0 Å². The quantitative estimate of drug-likeness (QED) is 0.337. The van der Waals surface area contributed by atoms with Crippen molar-refractivity contribution in [3.8, 4) is 34.2 Å². The standard InChI is InChI=1S/C28H24N4O4/c1-34-24-15-18(16-25(35-2)27(24)36-3)23-17-21(20-11-7-8-12-22(20)29-23)28(33)30-26-13-14-32(31-26)19-9-5-4-6-10-19/h4-17H,1-3H3,(H,30,31,33). The van der Waals surface area contributed by atoms with Crippen LogP contribution < -0.4 is 19.5 Å². The highest BCUT2D eigenvalue weighted by atomic mass is 16.5. The van der Waals surface area contributed by atoms with Crippen LogP contribution in [0.25, 0.3) is 27.8 Å². The van der Waals surface area contributed by atoms with E-state index in [9.17, 15) is 4.79 Å². The van der Waals surface area contributed by atoms with Crippen molar-refractivity contribution in [2.75, 3.05) is 26.6 Å². The van der Waals surface area contributed by atoms with Gasteiger partial charge in [-0.25, -0.2) is 9.67 Å². The molecule has 5 aromatic rings. The van der Waals surface area contributed by atoms with Gasteiger partial charge in [-0.15, -0.1) is 0 Å². The molecule has 0 atom stereocenters. The average Bonchev–Trinajstić information content (AvgIpc) is 3.40. The highest BCUT2D eigenvalue weighted by molar-refractivity contribution is 6.12. The molecule has 36 heavy (non-hydrogen) atoms. The van der Waals surface area contributed by atoms with E-state index in [1.165, 1.54) is 0 Å². The average molecular weight is 481 g/mol. The second kappa shape index (κ2) is 9.79.